The van der Waals surface area contributed by atoms with Crippen LogP contribution in [0.15, 0.2) is 78.9 Å². The van der Waals surface area contributed by atoms with Crippen LogP contribution in [0.1, 0.15) is 16.7 Å². The number of hydrogen-bond donors (Lipinski definition) is 2. The van der Waals surface area contributed by atoms with Gasteiger partial charge in [-0.15, -0.1) is 34.8 Å². The molecule has 47 heavy (non-hydrogen) atoms. The van der Waals surface area contributed by atoms with Gasteiger partial charge in [-0.05, 0) is 22.8 Å². The first-order valence-corrected chi connectivity index (χ1v) is 16.2. The molecule has 232 valence electrons. The fourth-order valence-corrected chi connectivity index (χ4v) is 7.28. The van der Waals surface area contributed by atoms with E-state index in [0.29, 0.717) is 45.9 Å². The van der Waals surface area contributed by atoms with Gasteiger partial charge in [0.15, 0.2) is 23.3 Å². The number of fused-ring (bicyclic) bond motifs is 20. The summed E-state index contributed by atoms with van der Waals surface area (Å²) >= 11 is 19.6. The monoisotopic (exact) mass is 721 g/mol. The van der Waals surface area contributed by atoms with Gasteiger partial charge in [0.25, 0.3) is 0 Å². The Balaban J connectivity index is 0.00000324. The second kappa shape index (κ2) is 11.7. The molecular formula is C35H21Cl3CuN8+. The van der Waals surface area contributed by atoms with Gasteiger partial charge in [0.1, 0.15) is 22.6 Å². The van der Waals surface area contributed by atoms with Crippen molar-refractivity contribution in [3.63, 3.8) is 0 Å². The second-order valence-corrected chi connectivity index (χ2v) is 11.9. The van der Waals surface area contributed by atoms with Gasteiger partial charge >= 0.3 is 17.1 Å². The van der Waals surface area contributed by atoms with Gasteiger partial charge in [0, 0.05) is 61.4 Å². The summed E-state index contributed by atoms with van der Waals surface area (Å²) in [4.78, 5) is 37.2. The van der Waals surface area contributed by atoms with Crippen LogP contribution in [-0.4, -0.2) is 39.9 Å². The SMILES string of the molecule is ClCc1cc2c3nc4nc(nc5[nH]c(nc6nc(nc([nH]3)c2c(CCl)c1CCl)-c1ccccc1-6)c1ccccc51)-c1ccccc1-4.[Cu+]. The van der Waals surface area contributed by atoms with Crippen molar-refractivity contribution in [1.82, 2.24) is 39.9 Å². The molecule has 0 radical (unpaired) electrons. The van der Waals surface area contributed by atoms with E-state index in [4.69, 9.17) is 64.7 Å². The first-order valence-electron chi connectivity index (χ1n) is 14.6. The van der Waals surface area contributed by atoms with Crippen molar-refractivity contribution in [2.75, 3.05) is 0 Å². The van der Waals surface area contributed by atoms with Crippen molar-refractivity contribution in [3.05, 3.63) is 95.6 Å². The van der Waals surface area contributed by atoms with Crippen LogP contribution < -0.4 is 0 Å². The fraction of sp³-hybridized carbons (Fsp3) is 0.0857. The van der Waals surface area contributed by atoms with Gasteiger partial charge in [0.05, 0.1) is 0 Å². The molecule has 4 aromatic carbocycles. The van der Waals surface area contributed by atoms with Crippen LogP contribution in [0, 0.1) is 0 Å². The van der Waals surface area contributed by atoms with Crippen LogP contribution in [0.2, 0.25) is 0 Å². The van der Waals surface area contributed by atoms with Crippen molar-refractivity contribution in [2.45, 2.75) is 17.6 Å². The average Bonchev–Trinajstić information content (AvgIpc) is 3.83. The summed E-state index contributed by atoms with van der Waals surface area (Å²) in [5.74, 6) is 2.87. The van der Waals surface area contributed by atoms with E-state index < -0.39 is 0 Å². The van der Waals surface area contributed by atoms with Gasteiger partial charge in [-0.2, -0.15) is 0 Å². The van der Waals surface area contributed by atoms with Gasteiger partial charge in [-0.25, -0.2) is 29.9 Å². The zero-order valence-electron chi connectivity index (χ0n) is 24.2. The van der Waals surface area contributed by atoms with Crippen LogP contribution in [0.25, 0.3) is 89.7 Å². The first-order chi connectivity index (χ1) is 22.6. The van der Waals surface area contributed by atoms with Crippen LogP contribution >= 0.6 is 34.8 Å². The third-order valence-corrected chi connectivity index (χ3v) is 9.39. The molecule has 2 N–H and O–H groups in total. The number of benzene rings is 4. The standard InChI is InChI=1S/C35H21Cl3N8.Cu/c36-14-17-13-24-27(26(16-38)25(17)15-37)35-45-33-23-12-6-5-11-22(23)31(43-33)41-29-19-8-2-1-7-18(19)28(39-29)40-30-20-9-3-4-10-21(20)32(42-30)44-34(24)46-35;/h1-13H,14-16H2,(H2,39,40,41,42,43,44,45,46);/q;+1. The smallest absolute Gasteiger partial charge is 0.324 e. The number of nitrogens with zero attached hydrogens (tertiary/aromatic N) is 6. The molecule has 0 amide bonds. The number of aromatic amines is 2. The van der Waals surface area contributed by atoms with Crippen LogP contribution in [0.5, 0.6) is 0 Å². The first kappa shape index (κ1) is 30.0. The summed E-state index contributed by atoms with van der Waals surface area (Å²) in [5.41, 5.74) is 8.54. The zero-order chi connectivity index (χ0) is 30.9. The van der Waals surface area contributed by atoms with E-state index in [0.717, 1.165) is 60.5 Å². The summed E-state index contributed by atoms with van der Waals surface area (Å²) in [6.45, 7) is 0. The number of halogens is 3. The topological polar surface area (TPSA) is 109 Å². The van der Waals surface area contributed by atoms with E-state index in [-0.39, 0.29) is 34.7 Å². The molecule has 12 heteroatoms. The molecule has 0 saturated carbocycles. The Morgan fingerprint density at radius 3 is 1.30 bits per heavy atom. The average molecular weight is 724 g/mol. The summed E-state index contributed by atoms with van der Waals surface area (Å²) in [6.07, 6.45) is 0. The minimum Gasteiger partial charge on any atom is -0.324 e. The van der Waals surface area contributed by atoms with Gasteiger partial charge < -0.3 is 9.97 Å². The maximum atomic E-state index is 6.63. The van der Waals surface area contributed by atoms with Crippen LogP contribution in [0.4, 0.5) is 0 Å². The summed E-state index contributed by atoms with van der Waals surface area (Å²) in [5, 5.41) is 3.48. The Kier molecular flexibility index (Phi) is 7.47. The molecule has 2 aliphatic rings. The molecule has 7 aromatic rings. The Morgan fingerprint density at radius 2 is 0.851 bits per heavy atom. The molecule has 0 atom stereocenters. The molecule has 2 aliphatic heterocycles. The molecule has 3 aromatic heterocycles. The van der Waals surface area contributed by atoms with Crippen molar-refractivity contribution in [1.29, 1.82) is 0 Å². The minimum absolute atomic E-state index is 0. The predicted molar refractivity (Wildman–Crippen MR) is 185 cm³/mol. The quantitative estimate of drug-likeness (QED) is 0.139. The van der Waals surface area contributed by atoms with Crippen molar-refractivity contribution < 1.29 is 17.1 Å². The van der Waals surface area contributed by atoms with E-state index >= 15 is 0 Å². The molecule has 0 aliphatic carbocycles. The molecule has 8 bridgehead atoms. The van der Waals surface area contributed by atoms with E-state index in [1.807, 2.05) is 78.9 Å². The van der Waals surface area contributed by atoms with Crippen molar-refractivity contribution in [3.8, 4) is 45.6 Å². The van der Waals surface area contributed by atoms with E-state index in [9.17, 15) is 0 Å². The van der Waals surface area contributed by atoms with E-state index in [1.165, 1.54) is 0 Å². The largest absolute Gasteiger partial charge is 1.00 e. The number of aromatic nitrogens is 8. The van der Waals surface area contributed by atoms with E-state index in [2.05, 4.69) is 9.97 Å². The van der Waals surface area contributed by atoms with Gasteiger partial charge in [-0.3, -0.25) is 0 Å². The Bertz CT molecular complexity index is 2580. The number of nitrogens with one attached hydrogen (secondary N) is 2. The normalized spacial score (nSPS) is 11.8. The number of H-pyrrole nitrogens is 2. The fourth-order valence-electron chi connectivity index (χ4n) is 6.42. The van der Waals surface area contributed by atoms with Gasteiger partial charge in [-0.1, -0.05) is 72.8 Å². The molecule has 8 nitrogen and oxygen atoms in total. The maximum Gasteiger partial charge on any atom is 1.00 e. The van der Waals surface area contributed by atoms with Crippen LogP contribution in [-0.2, 0) is 34.7 Å². The minimum atomic E-state index is 0. The molecule has 0 saturated heterocycles. The second-order valence-electron chi connectivity index (χ2n) is 11.1. The number of rotatable bonds is 3. The van der Waals surface area contributed by atoms with Crippen molar-refractivity contribution >= 4 is 78.9 Å². The zero-order valence-corrected chi connectivity index (χ0v) is 27.5. The molecule has 0 fully saturated rings. The molecular weight excluding hydrogens is 702 g/mol. The summed E-state index contributed by atoms with van der Waals surface area (Å²) in [6, 6.07) is 25.9. The number of alkyl halides is 3. The van der Waals surface area contributed by atoms with Crippen molar-refractivity contribution in [2.24, 2.45) is 0 Å². The predicted octanol–water partition coefficient (Wildman–Crippen LogP) is 9.08. The molecule has 0 unspecified atom stereocenters. The Labute approximate surface area is 293 Å². The molecule has 9 rings (SSSR count). The summed E-state index contributed by atoms with van der Waals surface area (Å²) < 4.78 is 0. The Hall–Kier alpha value is -4.37. The van der Waals surface area contributed by atoms with Crippen LogP contribution in [0.3, 0.4) is 0 Å². The molecule has 5 heterocycles. The third kappa shape index (κ3) is 4.65. The Morgan fingerprint density at radius 1 is 0.447 bits per heavy atom. The summed E-state index contributed by atoms with van der Waals surface area (Å²) in [7, 11) is 0. The molecule has 0 spiro atoms. The van der Waals surface area contributed by atoms with E-state index in [1.54, 1.807) is 0 Å². The third-order valence-electron chi connectivity index (χ3n) is 8.57. The maximum absolute atomic E-state index is 6.63. The van der Waals surface area contributed by atoms with Gasteiger partial charge in [0.2, 0.25) is 0 Å². The number of hydrogen-bond acceptors (Lipinski definition) is 6.